The van der Waals surface area contributed by atoms with Crippen molar-refractivity contribution in [2.24, 2.45) is 5.92 Å². The lowest BCUT2D eigenvalue weighted by molar-refractivity contribution is -0.120. The maximum atomic E-state index is 13.1. The summed E-state index contributed by atoms with van der Waals surface area (Å²) in [7, 11) is 3.17. The molecule has 1 saturated heterocycles. The van der Waals surface area contributed by atoms with Gasteiger partial charge in [-0.1, -0.05) is 19.1 Å². The Morgan fingerprint density at radius 1 is 1.12 bits per heavy atom. The zero-order valence-corrected chi connectivity index (χ0v) is 19.3. The molecule has 2 aromatic carbocycles. The van der Waals surface area contributed by atoms with E-state index in [1.54, 1.807) is 32.4 Å². The summed E-state index contributed by atoms with van der Waals surface area (Å²) < 4.78 is 16.6. The van der Waals surface area contributed by atoms with Crippen LogP contribution >= 0.6 is 0 Å². The number of piperidine rings is 1. The molecule has 1 fully saturated rings. The zero-order chi connectivity index (χ0) is 23.2. The quantitative estimate of drug-likeness (QED) is 0.548. The molecular weight excluding hydrogens is 420 g/mol. The summed E-state index contributed by atoms with van der Waals surface area (Å²) in [6, 6.07) is 13.1. The molecule has 1 aliphatic rings. The van der Waals surface area contributed by atoms with Gasteiger partial charge in [-0.3, -0.25) is 4.79 Å². The minimum absolute atomic E-state index is 0.0482. The first kappa shape index (κ1) is 22.6. The fourth-order valence-electron chi connectivity index (χ4n) is 4.00. The van der Waals surface area contributed by atoms with Crippen molar-refractivity contribution in [1.82, 2.24) is 9.97 Å². The molecule has 8 heteroatoms. The molecule has 8 nitrogen and oxygen atoms in total. The molecule has 1 N–H and O–H groups in total. The molecule has 1 aromatic heterocycles. The second-order valence-corrected chi connectivity index (χ2v) is 8.03. The Labute approximate surface area is 193 Å². The number of fused-ring (bicyclic) bond motifs is 1. The maximum Gasteiger partial charge on any atom is 0.258 e. The van der Waals surface area contributed by atoms with Gasteiger partial charge in [0.1, 0.15) is 11.5 Å². The number of aromatic nitrogens is 2. The second kappa shape index (κ2) is 10.4. The van der Waals surface area contributed by atoms with Crippen LogP contribution in [0.3, 0.4) is 0 Å². The lowest BCUT2D eigenvalue weighted by Gasteiger charge is -2.33. The molecular formula is C25H30N4O4. The molecule has 0 aliphatic carbocycles. The van der Waals surface area contributed by atoms with Crippen LogP contribution in [0.25, 0.3) is 11.0 Å². The van der Waals surface area contributed by atoms with Crippen LogP contribution in [0.5, 0.6) is 17.4 Å². The first-order valence-corrected chi connectivity index (χ1v) is 11.3. The van der Waals surface area contributed by atoms with E-state index in [1.165, 1.54) is 0 Å². The lowest BCUT2D eigenvalue weighted by Crippen LogP contribution is -2.41. The first-order chi connectivity index (χ1) is 16.1. The number of hydrogen-bond acceptors (Lipinski definition) is 7. The molecule has 0 bridgehead atoms. The van der Waals surface area contributed by atoms with Crippen LogP contribution in [0, 0.1) is 5.92 Å². The van der Waals surface area contributed by atoms with Gasteiger partial charge in [0.05, 0.1) is 43.5 Å². The number of rotatable bonds is 8. The monoisotopic (exact) mass is 450 g/mol. The SMILES string of the molecule is CCCOc1nc2ccccc2nc1N1CCCC(C(=O)Nc2ccc(OC)cc2OC)C1. The Morgan fingerprint density at radius 3 is 2.64 bits per heavy atom. The van der Waals surface area contributed by atoms with Crippen molar-refractivity contribution in [2.75, 3.05) is 44.1 Å². The average molecular weight is 451 g/mol. The summed E-state index contributed by atoms with van der Waals surface area (Å²) in [5, 5.41) is 3.02. The highest BCUT2D eigenvalue weighted by Crippen LogP contribution is 2.33. The van der Waals surface area contributed by atoms with Crippen LogP contribution in [0.2, 0.25) is 0 Å². The van der Waals surface area contributed by atoms with Gasteiger partial charge in [-0.05, 0) is 43.5 Å². The highest BCUT2D eigenvalue weighted by atomic mass is 16.5. The van der Waals surface area contributed by atoms with Crippen LogP contribution in [0.4, 0.5) is 11.5 Å². The van der Waals surface area contributed by atoms with E-state index in [9.17, 15) is 4.79 Å². The van der Waals surface area contributed by atoms with E-state index in [2.05, 4.69) is 17.1 Å². The van der Waals surface area contributed by atoms with Crippen molar-refractivity contribution in [3.63, 3.8) is 0 Å². The largest absolute Gasteiger partial charge is 0.497 e. The molecule has 2 heterocycles. The Morgan fingerprint density at radius 2 is 1.91 bits per heavy atom. The topological polar surface area (TPSA) is 85.8 Å². The number of hydrogen-bond donors (Lipinski definition) is 1. The first-order valence-electron chi connectivity index (χ1n) is 11.3. The number of methoxy groups -OCH3 is 2. The van der Waals surface area contributed by atoms with Crippen molar-refractivity contribution in [2.45, 2.75) is 26.2 Å². The average Bonchev–Trinajstić information content (AvgIpc) is 2.87. The molecule has 1 unspecified atom stereocenters. The van der Waals surface area contributed by atoms with Gasteiger partial charge in [-0.2, -0.15) is 0 Å². The second-order valence-electron chi connectivity index (χ2n) is 8.03. The van der Waals surface area contributed by atoms with E-state index in [0.717, 1.165) is 36.8 Å². The number of carbonyl (C=O) groups excluding carboxylic acids is 1. The number of benzene rings is 2. The molecule has 4 rings (SSSR count). The minimum atomic E-state index is -0.196. The summed E-state index contributed by atoms with van der Waals surface area (Å²) in [4.78, 5) is 24.8. The Kier molecular flexibility index (Phi) is 7.12. The number of nitrogens with zero attached hydrogens (tertiary/aromatic N) is 3. The highest BCUT2D eigenvalue weighted by molar-refractivity contribution is 5.94. The lowest BCUT2D eigenvalue weighted by atomic mass is 9.97. The standard InChI is InChI=1S/C25H30N4O4/c1-4-14-33-25-23(26-19-9-5-6-10-20(19)28-25)29-13-7-8-17(16-29)24(30)27-21-12-11-18(31-2)15-22(21)32-3/h5-6,9-12,15,17H,4,7-8,13-14,16H2,1-3H3,(H,27,30). The van der Waals surface area contributed by atoms with Crippen molar-refractivity contribution >= 4 is 28.4 Å². The van der Waals surface area contributed by atoms with Crippen molar-refractivity contribution in [3.05, 3.63) is 42.5 Å². The molecule has 1 amide bonds. The number of amides is 1. The summed E-state index contributed by atoms with van der Waals surface area (Å²) in [6.07, 6.45) is 2.55. The predicted molar refractivity (Wildman–Crippen MR) is 128 cm³/mol. The molecule has 0 spiro atoms. The van der Waals surface area contributed by atoms with E-state index in [4.69, 9.17) is 24.2 Å². The third-order valence-electron chi connectivity index (χ3n) is 5.72. The number of ether oxygens (including phenoxy) is 3. The van der Waals surface area contributed by atoms with Crippen LogP contribution < -0.4 is 24.4 Å². The summed E-state index contributed by atoms with van der Waals surface area (Å²) in [6.45, 7) is 3.96. The van der Waals surface area contributed by atoms with Gasteiger partial charge in [-0.25, -0.2) is 9.97 Å². The van der Waals surface area contributed by atoms with Gasteiger partial charge in [-0.15, -0.1) is 0 Å². The van der Waals surface area contributed by atoms with Crippen LogP contribution in [-0.2, 0) is 4.79 Å². The minimum Gasteiger partial charge on any atom is -0.497 e. The molecule has 0 saturated carbocycles. The molecule has 3 aromatic rings. The predicted octanol–water partition coefficient (Wildman–Crippen LogP) is 4.29. The van der Waals surface area contributed by atoms with Crippen LogP contribution in [0.1, 0.15) is 26.2 Å². The van der Waals surface area contributed by atoms with Gasteiger partial charge in [0, 0.05) is 19.2 Å². The van der Waals surface area contributed by atoms with Crippen molar-refractivity contribution < 1.29 is 19.0 Å². The van der Waals surface area contributed by atoms with Crippen molar-refractivity contribution in [3.8, 4) is 17.4 Å². The van der Waals surface area contributed by atoms with Gasteiger partial charge in [0.2, 0.25) is 5.91 Å². The Balaban J connectivity index is 1.55. The third kappa shape index (κ3) is 5.10. The van der Waals surface area contributed by atoms with Crippen LogP contribution in [-0.4, -0.2) is 49.8 Å². The fraction of sp³-hybridized carbons (Fsp3) is 0.400. The van der Waals surface area contributed by atoms with E-state index >= 15 is 0 Å². The zero-order valence-electron chi connectivity index (χ0n) is 19.3. The summed E-state index contributed by atoms with van der Waals surface area (Å²) >= 11 is 0. The van der Waals surface area contributed by atoms with E-state index < -0.39 is 0 Å². The van der Waals surface area contributed by atoms with Crippen molar-refractivity contribution in [1.29, 1.82) is 0 Å². The van der Waals surface area contributed by atoms with Gasteiger partial charge in [0.15, 0.2) is 5.82 Å². The summed E-state index contributed by atoms with van der Waals surface area (Å²) in [5.41, 5.74) is 2.23. The maximum absolute atomic E-state index is 13.1. The van der Waals surface area contributed by atoms with E-state index in [-0.39, 0.29) is 11.8 Å². The number of carbonyl (C=O) groups is 1. The Hall–Kier alpha value is -3.55. The number of anilines is 2. The van der Waals surface area contributed by atoms with E-state index in [0.29, 0.717) is 42.0 Å². The number of para-hydroxylation sites is 2. The smallest absolute Gasteiger partial charge is 0.258 e. The van der Waals surface area contributed by atoms with Gasteiger partial charge < -0.3 is 24.4 Å². The van der Waals surface area contributed by atoms with E-state index in [1.807, 2.05) is 24.3 Å². The molecule has 33 heavy (non-hydrogen) atoms. The normalized spacial score (nSPS) is 15.8. The fourth-order valence-corrected chi connectivity index (χ4v) is 4.00. The molecule has 174 valence electrons. The Bertz CT molecular complexity index is 1120. The number of nitrogens with one attached hydrogen (secondary N) is 1. The molecule has 1 atom stereocenters. The summed E-state index contributed by atoms with van der Waals surface area (Å²) in [5.74, 6) is 2.20. The highest BCUT2D eigenvalue weighted by Gasteiger charge is 2.29. The molecule has 1 aliphatic heterocycles. The third-order valence-corrected chi connectivity index (χ3v) is 5.72. The van der Waals surface area contributed by atoms with Crippen LogP contribution in [0.15, 0.2) is 42.5 Å². The van der Waals surface area contributed by atoms with Gasteiger partial charge >= 0.3 is 0 Å². The molecule has 0 radical (unpaired) electrons. The van der Waals surface area contributed by atoms with Gasteiger partial charge in [0.25, 0.3) is 5.88 Å².